The number of carbonyl (C=O) groups excluding carboxylic acids is 2. The lowest BCUT2D eigenvalue weighted by Gasteiger charge is -2.13. The second kappa shape index (κ2) is 6.25. The molecular weight excluding hydrogens is 242 g/mol. The van der Waals surface area contributed by atoms with Crippen molar-refractivity contribution in [3.05, 3.63) is 34.9 Å². The Balaban J connectivity index is 2.67. The average molecular weight is 256 g/mol. The molecule has 4 nitrogen and oxygen atoms in total. The predicted octanol–water partition coefficient (Wildman–Crippen LogP) is 2.02. The Morgan fingerprint density at radius 2 is 2.06 bits per heavy atom. The van der Waals surface area contributed by atoms with Gasteiger partial charge in [0.2, 0.25) is 0 Å². The molecular formula is C12H14ClNO3. The van der Waals surface area contributed by atoms with Crippen molar-refractivity contribution in [1.29, 1.82) is 0 Å². The fraction of sp³-hybridized carbons (Fsp3) is 0.333. The summed E-state index contributed by atoms with van der Waals surface area (Å²) in [7, 11) is 0. The molecule has 1 N–H and O–H groups in total. The van der Waals surface area contributed by atoms with Gasteiger partial charge in [-0.3, -0.25) is 4.79 Å². The lowest BCUT2D eigenvalue weighted by atomic mass is 10.2. The number of nitrogens with one attached hydrogen (secondary N) is 1. The Morgan fingerprint density at radius 1 is 1.41 bits per heavy atom. The van der Waals surface area contributed by atoms with Crippen molar-refractivity contribution in [2.45, 2.75) is 20.0 Å². The summed E-state index contributed by atoms with van der Waals surface area (Å²) in [5.41, 5.74) is 0.255. The number of amides is 1. The quantitative estimate of drug-likeness (QED) is 0.838. The Hall–Kier alpha value is -1.55. The molecule has 1 aromatic carbocycles. The number of ether oxygens (including phenoxy) is 1. The summed E-state index contributed by atoms with van der Waals surface area (Å²) in [6.45, 7) is 3.80. The second-order valence-corrected chi connectivity index (χ2v) is 3.83. The van der Waals surface area contributed by atoms with E-state index >= 15 is 0 Å². The van der Waals surface area contributed by atoms with Crippen molar-refractivity contribution < 1.29 is 14.3 Å². The highest BCUT2D eigenvalue weighted by Gasteiger charge is 2.19. The maximum Gasteiger partial charge on any atom is 0.340 e. The summed E-state index contributed by atoms with van der Waals surface area (Å²) in [4.78, 5) is 23.1. The van der Waals surface area contributed by atoms with Gasteiger partial charge in [0.15, 0.2) is 6.10 Å². The Bertz CT molecular complexity index is 420. The van der Waals surface area contributed by atoms with Gasteiger partial charge in [0.25, 0.3) is 5.91 Å². The van der Waals surface area contributed by atoms with E-state index < -0.39 is 12.1 Å². The summed E-state index contributed by atoms with van der Waals surface area (Å²) >= 11 is 5.84. The van der Waals surface area contributed by atoms with Crippen LogP contribution >= 0.6 is 11.6 Å². The highest BCUT2D eigenvalue weighted by Crippen LogP contribution is 2.16. The van der Waals surface area contributed by atoms with Gasteiger partial charge in [0, 0.05) is 6.54 Å². The van der Waals surface area contributed by atoms with Crippen LogP contribution in [0.4, 0.5) is 0 Å². The highest BCUT2D eigenvalue weighted by molar-refractivity contribution is 6.33. The van der Waals surface area contributed by atoms with E-state index in [0.717, 1.165) is 0 Å². The summed E-state index contributed by atoms with van der Waals surface area (Å²) in [6, 6.07) is 6.54. The summed E-state index contributed by atoms with van der Waals surface area (Å²) in [6.07, 6.45) is -0.835. The van der Waals surface area contributed by atoms with E-state index in [1.165, 1.54) is 6.92 Å². The van der Waals surface area contributed by atoms with Crippen LogP contribution in [0.25, 0.3) is 0 Å². The Kier molecular flexibility index (Phi) is 4.97. The SMILES string of the molecule is CCNC(=O)[C@@H](C)OC(=O)c1ccccc1Cl. The molecule has 17 heavy (non-hydrogen) atoms. The molecule has 0 aliphatic rings. The van der Waals surface area contributed by atoms with Crippen LogP contribution in [0.5, 0.6) is 0 Å². The molecule has 0 aliphatic heterocycles. The fourth-order valence-electron chi connectivity index (χ4n) is 1.22. The molecule has 92 valence electrons. The molecule has 1 rings (SSSR count). The van der Waals surface area contributed by atoms with E-state index in [1.54, 1.807) is 31.2 Å². The Labute approximate surface area is 105 Å². The number of hydrogen-bond acceptors (Lipinski definition) is 3. The fourth-order valence-corrected chi connectivity index (χ4v) is 1.44. The predicted molar refractivity (Wildman–Crippen MR) is 65.0 cm³/mol. The normalized spacial score (nSPS) is 11.7. The third kappa shape index (κ3) is 3.75. The molecule has 0 aliphatic carbocycles. The first kappa shape index (κ1) is 13.5. The minimum Gasteiger partial charge on any atom is -0.449 e. The van der Waals surface area contributed by atoms with Crippen LogP contribution in [0.3, 0.4) is 0 Å². The topological polar surface area (TPSA) is 55.4 Å². The van der Waals surface area contributed by atoms with Crippen molar-refractivity contribution in [3.8, 4) is 0 Å². The van der Waals surface area contributed by atoms with Crippen LogP contribution in [-0.2, 0) is 9.53 Å². The van der Waals surface area contributed by atoms with Crippen LogP contribution in [0.1, 0.15) is 24.2 Å². The van der Waals surface area contributed by atoms with Gasteiger partial charge in [-0.05, 0) is 26.0 Å². The van der Waals surface area contributed by atoms with Gasteiger partial charge in [-0.15, -0.1) is 0 Å². The van der Waals surface area contributed by atoms with E-state index in [0.29, 0.717) is 11.6 Å². The summed E-state index contributed by atoms with van der Waals surface area (Å²) in [5.74, 6) is -0.928. The van der Waals surface area contributed by atoms with Gasteiger partial charge >= 0.3 is 5.97 Å². The highest BCUT2D eigenvalue weighted by atomic mass is 35.5. The van der Waals surface area contributed by atoms with Gasteiger partial charge in [-0.2, -0.15) is 0 Å². The molecule has 0 fully saturated rings. The van der Waals surface area contributed by atoms with E-state index in [1.807, 2.05) is 0 Å². The van der Waals surface area contributed by atoms with Crippen molar-refractivity contribution in [3.63, 3.8) is 0 Å². The van der Waals surface area contributed by atoms with Crippen molar-refractivity contribution in [2.24, 2.45) is 0 Å². The molecule has 0 heterocycles. The van der Waals surface area contributed by atoms with Gasteiger partial charge in [-0.25, -0.2) is 4.79 Å². The van der Waals surface area contributed by atoms with E-state index in [9.17, 15) is 9.59 Å². The standard InChI is InChI=1S/C12H14ClNO3/c1-3-14-11(15)8(2)17-12(16)9-6-4-5-7-10(9)13/h4-8H,3H2,1-2H3,(H,14,15)/t8-/m1/s1. The van der Waals surface area contributed by atoms with E-state index in [2.05, 4.69) is 5.32 Å². The zero-order chi connectivity index (χ0) is 12.8. The Morgan fingerprint density at radius 3 is 2.65 bits per heavy atom. The van der Waals surface area contributed by atoms with E-state index in [4.69, 9.17) is 16.3 Å². The number of hydrogen-bond donors (Lipinski definition) is 1. The number of rotatable bonds is 4. The van der Waals surface area contributed by atoms with Gasteiger partial charge in [-0.1, -0.05) is 23.7 Å². The first-order valence-corrected chi connectivity index (χ1v) is 5.67. The number of esters is 1. The monoisotopic (exact) mass is 255 g/mol. The second-order valence-electron chi connectivity index (χ2n) is 3.42. The third-order valence-corrected chi connectivity index (χ3v) is 2.43. The largest absolute Gasteiger partial charge is 0.449 e. The molecule has 1 atom stereocenters. The average Bonchev–Trinajstić information content (AvgIpc) is 2.29. The molecule has 0 saturated carbocycles. The zero-order valence-electron chi connectivity index (χ0n) is 9.70. The zero-order valence-corrected chi connectivity index (χ0v) is 10.5. The van der Waals surface area contributed by atoms with Crippen LogP contribution in [0.15, 0.2) is 24.3 Å². The third-order valence-electron chi connectivity index (χ3n) is 2.10. The first-order valence-electron chi connectivity index (χ1n) is 5.29. The first-order chi connectivity index (χ1) is 8.06. The number of likely N-dealkylation sites (N-methyl/N-ethyl adjacent to an activating group) is 1. The number of halogens is 1. The van der Waals surface area contributed by atoms with E-state index in [-0.39, 0.29) is 11.5 Å². The molecule has 0 bridgehead atoms. The number of benzene rings is 1. The van der Waals surface area contributed by atoms with Crippen molar-refractivity contribution in [1.82, 2.24) is 5.32 Å². The van der Waals surface area contributed by atoms with Gasteiger partial charge in [0.05, 0.1) is 10.6 Å². The van der Waals surface area contributed by atoms with Crippen LogP contribution < -0.4 is 5.32 Å². The molecule has 1 aromatic rings. The van der Waals surface area contributed by atoms with Crippen LogP contribution in [0, 0.1) is 0 Å². The minimum absolute atomic E-state index is 0.255. The maximum atomic E-state index is 11.7. The lowest BCUT2D eigenvalue weighted by molar-refractivity contribution is -0.128. The van der Waals surface area contributed by atoms with Gasteiger partial charge < -0.3 is 10.1 Å². The lowest BCUT2D eigenvalue weighted by Crippen LogP contribution is -2.35. The molecule has 0 radical (unpaired) electrons. The van der Waals surface area contributed by atoms with Crippen LogP contribution in [-0.4, -0.2) is 24.5 Å². The molecule has 0 aromatic heterocycles. The molecule has 1 amide bonds. The smallest absolute Gasteiger partial charge is 0.340 e. The molecule has 0 unspecified atom stereocenters. The van der Waals surface area contributed by atoms with Gasteiger partial charge in [0.1, 0.15) is 0 Å². The van der Waals surface area contributed by atoms with Crippen LogP contribution in [0.2, 0.25) is 5.02 Å². The molecule has 5 heteroatoms. The van der Waals surface area contributed by atoms with Crippen molar-refractivity contribution in [2.75, 3.05) is 6.54 Å². The molecule has 0 spiro atoms. The minimum atomic E-state index is -0.835. The maximum absolute atomic E-state index is 11.7. The summed E-state index contributed by atoms with van der Waals surface area (Å²) < 4.78 is 5.00. The van der Waals surface area contributed by atoms with Crippen molar-refractivity contribution >= 4 is 23.5 Å². The summed E-state index contributed by atoms with van der Waals surface area (Å²) in [5, 5.41) is 2.87. The number of carbonyl (C=O) groups is 2. The molecule has 0 saturated heterocycles.